The van der Waals surface area contributed by atoms with E-state index in [1.165, 1.54) is 11.1 Å². The van der Waals surface area contributed by atoms with Gasteiger partial charge < -0.3 is 10.6 Å². The smallest absolute Gasteiger partial charge is 0.273 e. The van der Waals surface area contributed by atoms with Crippen molar-refractivity contribution >= 4 is 11.6 Å². The minimum atomic E-state index is -0.161. The Morgan fingerprint density at radius 3 is 3.11 bits per heavy atom. The molecule has 2 aromatic rings. The first-order valence-electron chi connectivity index (χ1n) is 5.97. The summed E-state index contributed by atoms with van der Waals surface area (Å²) in [5, 5.41) is 12.7. The van der Waals surface area contributed by atoms with Gasteiger partial charge in [-0.3, -0.25) is 9.89 Å². The van der Waals surface area contributed by atoms with E-state index in [0.717, 1.165) is 25.2 Å². The lowest BCUT2D eigenvalue weighted by Crippen LogP contribution is -2.25. The van der Waals surface area contributed by atoms with Gasteiger partial charge in [-0.05, 0) is 36.2 Å². The zero-order valence-corrected chi connectivity index (χ0v) is 9.86. The fourth-order valence-electron chi connectivity index (χ4n) is 2.20. The average molecular weight is 242 g/mol. The molecule has 0 radical (unpaired) electrons. The minimum Gasteiger partial charge on any atom is -0.320 e. The number of aromatic nitrogens is 2. The van der Waals surface area contributed by atoms with E-state index in [4.69, 9.17) is 0 Å². The molecule has 1 aromatic carbocycles. The van der Waals surface area contributed by atoms with Gasteiger partial charge in [-0.25, -0.2) is 0 Å². The van der Waals surface area contributed by atoms with Crippen molar-refractivity contribution in [2.24, 2.45) is 0 Å². The molecule has 1 amide bonds. The summed E-state index contributed by atoms with van der Waals surface area (Å²) in [6, 6.07) is 7.68. The first-order chi connectivity index (χ1) is 8.84. The molecule has 3 N–H and O–H groups in total. The number of anilines is 1. The Labute approximate surface area is 105 Å². The lowest BCUT2D eigenvalue weighted by atomic mass is 9.99. The fourth-order valence-corrected chi connectivity index (χ4v) is 2.20. The Bertz CT molecular complexity index is 562. The molecule has 0 saturated heterocycles. The second-order valence-corrected chi connectivity index (χ2v) is 4.29. The number of rotatable bonds is 2. The number of fused-ring (bicyclic) bond motifs is 1. The van der Waals surface area contributed by atoms with Crippen LogP contribution in [0.25, 0.3) is 0 Å². The van der Waals surface area contributed by atoms with Gasteiger partial charge in [0.05, 0.1) is 0 Å². The standard InChI is InChI=1S/C13H14N4O/c18-13(12-5-7-15-17-12)16-11-3-1-2-9-4-6-14-8-10(9)11/h1-3,5,7,14H,4,6,8H2,(H,15,17)(H,16,18). The average Bonchev–Trinajstić information content (AvgIpc) is 2.93. The maximum Gasteiger partial charge on any atom is 0.273 e. The number of nitrogens with one attached hydrogen (secondary N) is 3. The van der Waals surface area contributed by atoms with Crippen LogP contribution in [0.5, 0.6) is 0 Å². The minimum absolute atomic E-state index is 0.161. The normalized spacial score (nSPS) is 14.0. The largest absolute Gasteiger partial charge is 0.320 e. The van der Waals surface area contributed by atoms with Crippen molar-refractivity contribution in [1.29, 1.82) is 0 Å². The summed E-state index contributed by atoms with van der Waals surface area (Å²) in [7, 11) is 0. The number of hydrogen-bond acceptors (Lipinski definition) is 3. The third-order valence-corrected chi connectivity index (χ3v) is 3.14. The monoisotopic (exact) mass is 242 g/mol. The Morgan fingerprint density at radius 2 is 2.28 bits per heavy atom. The number of aromatic amines is 1. The van der Waals surface area contributed by atoms with E-state index in [1.54, 1.807) is 12.3 Å². The molecule has 3 rings (SSSR count). The Kier molecular flexibility index (Phi) is 2.82. The summed E-state index contributed by atoms with van der Waals surface area (Å²) in [6.07, 6.45) is 2.57. The van der Waals surface area contributed by atoms with Gasteiger partial charge in [0.15, 0.2) is 0 Å². The third kappa shape index (κ3) is 2.00. The highest BCUT2D eigenvalue weighted by atomic mass is 16.1. The predicted molar refractivity (Wildman–Crippen MR) is 68.4 cm³/mol. The van der Waals surface area contributed by atoms with E-state index in [-0.39, 0.29) is 5.91 Å². The van der Waals surface area contributed by atoms with Gasteiger partial charge in [-0.1, -0.05) is 12.1 Å². The molecule has 92 valence electrons. The number of carbonyl (C=O) groups is 1. The van der Waals surface area contributed by atoms with Crippen LogP contribution in [0.15, 0.2) is 30.5 Å². The molecule has 0 bridgehead atoms. The molecular formula is C13H14N4O. The van der Waals surface area contributed by atoms with Crippen LogP contribution in [0, 0.1) is 0 Å². The second-order valence-electron chi connectivity index (χ2n) is 4.29. The molecule has 0 spiro atoms. The molecule has 0 aliphatic carbocycles. The fraction of sp³-hybridized carbons (Fsp3) is 0.231. The molecule has 1 aliphatic rings. The first kappa shape index (κ1) is 11.0. The molecule has 0 saturated carbocycles. The van der Waals surface area contributed by atoms with Crippen molar-refractivity contribution < 1.29 is 4.79 Å². The van der Waals surface area contributed by atoms with Gasteiger partial charge in [-0.15, -0.1) is 0 Å². The van der Waals surface area contributed by atoms with Crippen LogP contribution in [-0.4, -0.2) is 22.6 Å². The molecule has 0 unspecified atom stereocenters. The molecular weight excluding hydrogens is 228 g/mol. The molecule has 2 heterocycles. The number of nitrogens with zero attached hydrogens (tertiary/aromatic N) is 1. The van der Waals surface area contributed by atoms with Crippen LogP contribution in [-0.2, 0) is 13.0 Å². The number of hydrogen-bond donors (Lipinski definition) is 3. The molecule has 1 aliphatic heterocycles. The third-order valence-electron chi connectivity index (χ3n) is 3.14. The zero-order chi connectivity index (χ0) is 12.4. The van der Waals surface area contributed by atoms with Crippen LogP contribution in [0.2, 0.25) is 0 Å². The van der Waals surface area contributed by atoms with Crippen LogP contribution in [0.3, 0.4) is 0 Å². The molecule has 5 nitrogen and oxygen atoms in total. The van der Waals surface area contributed by atoms with Crippen LogP contribution in [0.1, 0.15) is 21.6 Å². The summed E-state index contributed by atoms with van der Waals surface area (Å²) in [5.41, 5.74) is 3.82. The van der Waals surface area contributed by atoms with Crippen molar-refractivity contribution in [3.63, 3.8) is 0 Å². The van der Waals surface area contributed by atoms with Crippen LogP contribution >= 0.6 is 0 Å². The van der Waals surface area contributed by atoms with E-state index < -0.39 is 0 Å². The summed E-state index contributed by atoms with van der Waals surface area (Å²) in [4.78, 5) is 12.0. The van der Waals surface area contributed by atoms with Gasteiger partial charge in [0.1, 0.15) is 5.69 Å². The summed E-state index contributed by atoms with van der Waals surface area (Å²) in [6.45, 7) is 1.79. The number of H-pyrrole nitrogens is 1. The Balaban J connectivity index is 1.87. The quantitative estimate of drug-likeness (QED) is 0.743. The molecule has 18 heavy (non-hydrogen) atoms. The van der Waals surface area contributed by atoms with Crippen LogP contribution < -0.4 is 10.6 Å². The van der Waals surface area contributed by atoms with Crippen LogP contribution in [0.4, 0.5) is 5.69 Å². The molecule has 1 aromatic heterocycles. The molecule has 0 atom stereocenters. The van der Waals surface area contributed by atoms with E-state index in [1.807, 2.05) is 12.1 Å². The van der Waals surface area contributed by atoms with Gasteiger partial charge >= 0.3 is 0 Å². The van der Waals surface area contributed by atoms with E-state index in [9.17, 15) is 4.79 Å². The van der Waals surface area contributed by atoms with Gasteiger partial charge in [-0.2, -0.15) is 5.10 Å². The maximum absolute atomic E-state index is 12.0. The number of amides is 1. The van der Waals surface area contributed by atoms with Gasteiger partial charge in [0.25, 0.3) is 5.91 Å². The van der Waals surface area contributed by atoms with E-state index >= 15 is 0 Å². The van der Waals surface area contributed by atoms with E-state index in [0.29, 0.717) is 5.69 Å². The molecule has 0 fully saturated rings. The van der Waals surface area contributed by atoms with Crippen molar-refractivity contribution in [3.8, 4) is 0 Å². The predicted octanol–water partition coefficient (Wildman–Crippen LogP) is 1.31. The lowest BCUT2D eigenvalue weighted by Gasteiger charge is -2.20. The second kappa shape index (κ2) is 4.62. The van der Waals surface area contributed by atoms with Crippen molar-refractivity contribution in [2.45, 2.75) is 13.0 Å². The molecule has 5 heteroatoms. The van der Waals surface area contributed by atoms with Gasteiger partial charge in [0.2, 0.25) is 0 Å². The highest BCUT2D eigenvalue weighted by Gasteiger charge is 2.15. The van der Waals surface area contributed by atoms with Crippen molar-refractivity contribution in [3.05, 3.63) is 47.3 Å². The van der Waals surface area contributed by atoms with Crippen molar-refractivity contribution in [1.82, 2.24) is 15.5 Å². The topological polar surface area (TPSA) is 69.8 Å². The zero-order valence-electron chi connectivity index (χ0n) is 9.86. The van der Waals surface area contributed by atoms with E-state index in [2.05, 4.69) is 26.9 Å². The van der Waals surface area contributed by atoms with Gasteiger partial charge in [0, 0.05) is 18.4 Å². The lowest BCUT2D eigenvalue weighted by molar-refractivity contribution is 0.102. The summed E-state index contributed by atoms with van der Waals surface area (Å²) < 4.78 is 0. The Hall–Kier alpha value is -2.14. The van der Waals surface area contributed by atoms with Crippen molar-refractivity contribution in [2.75, 3.05) is 11.9 Å². The SMILES string of the molecule is O=C(Nc1cccc2c1CNCC2)c1ccn[nH]1. The summed E-state index contributed by atoms with van der Waals surface area (Å²) in [5.74, 6) is -0.161. The highest BCUT2D eigenvalue weighted by molar-refractivity contribution is 6.03. The first-order valence-corrected chi connectivity index (χ1v) is 5.97. The highest BCUT2D eigenvalue weighted by Crippen LogP contribution is 2.23. The summed E-state index contributed by atoms with van der Waals surface area (Å²) >= 11 is 0. The number of carbonyl (C=O) groups excluding carboxylic acids is 1. The number of benzene rings is 1. The Morgan fingerprint density at radius 1 is 1.33 bits per heavy atom. The maximum atomic E-state index is 12.0.